The minimum atomic E-state index is -0.385. The van der Waals surface area contributed by atoms with E-state index >= 15 is 0 Å². The Balaban J connectivity index is 1.18. The second-order valence-electron chi connectivity index (χ2n) is 8.55. The zero-order chi connectivity index (χ0) is 26.5. The van der Waals surface area contributed by atoms with E-state index in [1.54, 1.807) is 60.7 Å². The highest BCUT2D eigenvalue weighted by Gasteiger charge is 2.10. The Labute approximate surface area is 219 Å². The Morgan fingerprint density at radius 2 is 0.711 bits per heavy atom. The normalized spacial score (nSPS) is 10.6. The summed E-state index contributed by atoms with van der Waals surface area (Å²) in [6.07, 6.45) is 0. The largest absolute Gasteiger partial charge is 0.457 e. The molecule has 0 heterocycles. The van der Waals surface area contributed by atoms with E-state index in [1.807, 2.05) is 24.3 Å². The molecule has 0 fully saturated rings. The van der Waals surface area contributed by atoms with E-state index in [0.29, 0.717) is 34.1 Å². The van der Waals surface area contributed by atoms with Crippen LogP contribution in [0.4, 0.5) is 8.78 Å². The number of ether oxygens (including phenoxy) is 2. The van der Waals surface area contributed by atoms with Gasteiger partial charge in [0.1, 0.15) is 34.6 Å². The zero-order valence-corrected chi connectivity index (χ0v) is 20.2. The second-order valence-corrected chi connectivity index (χ2v) is 8.55. The molecule has 0 saturated carbocycles. The van der Waals surface area contributed by atoms with Crippen LogP contribution < -0.4 is 9.47 Å². The molecule has 5 heteroatoms. The maximum absolute atomic E-state index is 13.2. The Morgan fingerprint density at radius 3 is 1.08 bits per heavy atom. The summed E-state index contributed by atoms with van der Waals surface area (Å²) in [5.74, 6) is 1.63. The molecule has 0 atom stereocenters. The van der Waals surface area contributed by atoms with Gasteiger partial charge in [-0.3, -0.25) is 4.79 Å². The highest BCUT2D eigenvalue weighted by molar-refractivity contribution is 6.09. The Bertz CT molecular complexity index is 1430. The van der Waals surface area contributed by atoms with Crippen molar-refractivity contribution in [3.63, 3.8) is 0 Å². The summed E-state index contributed by atoms with van der Waals surface area (Å²) in [6.45, 7) is 4.11. The molecule has 0 saturated heterocycles. The minimum absolute atomic E-state index is 0.189. The van der Waals surface area contributed by atoms with E-state index in [4.69, 9.17) is 9.47 Å². The summed E-state index contributed by atoms with van der Waals surface area (Å²) in [5, 5.41) is 0. The van der Waals surface area contributed by atoms with Crippen LogP contribution in [0.1, 0.15) is 27.0 Å². The van der Waals surface area contributed by atoms with Crippen LogP contribution in [0, 0.1) is 11.6 Å². The molecule has 0 bridgehead atoms. The summed E-state index contributed by atoms with van der Waals surface area (Å²) in [7, 11) is 0. The number of carbonyl (C=O) groups is 1. The first-order valence-corrected chi connectivity index (χ1v) is 11.9. The fraction of sp³-hybridized carbons (Fsp3) is 0. The lowest BCUT2D eigenvalue weighted by Crippen LogP contribution is -2.01. The predicted octanol–water partition coefficient (Wildman–Crippen LogP) is 8.84. The number of benzene rings is 5. The van der Waals surface area contributed by atoms with Crippen molar-refractivity contribution in [1.29, 1.82) is 0 Å². The molecule has 186 valence electrons. The van der Waals surface area contributed by atoms with Crippen molar-refractivity contribution < 1.29 is 23.0 Å². The van der Waals surface area contributed by atoms with E-state index in [1.165, 1.54) is 36.4 Å². The topological polar surface area (TPSA) is 35.5 Å². The van der Waals surface area contributed by atoms with Crippen molar-refractivity contribution in [2.75, 3.05) is 0 Å². The highest BCUT2D eigenvalue weighted by atomic mass is 19.1. The van der Waals surface area contributed by atoms with Crippen LogP contribution in [0.15, 0.2) is 128 Å². The third-order valence-corrected chi connectivity index (χ3v) is 5.91. The van der Waals surface area contributed by atoms with Gasteiger partial charge in [-0.15, -0.1) is 0 Å². The first-order valence-electron chi connectivity index (χ1n) is 11.9. The van der Waals surface area contributed by atoms with Crippen molar-refractivity contribution in [3.05, 3.63) is 162 Å². The molecular weight excluding hydrogens is 482 g/mol. The summed E-state index contributed by atoms with van der Waals surface area (Å²) in [4.78, 5) is 12.5. The molecular formula is C33H22F2O3. The van der Waals surface area contributed by atoms with Gasteiger partial charge in [0, 0.05) is 11.1 Å². The summed E-state index contributed by atoms with van der Waals surface area (Å²) >= 11 is 0. The summed E-state index contributed by atoms with van der Waals surface area (Å²) in [6, 6.07) is 33.1. The Morgan fingerprint density at radius 1 is 0.447 bits per heavy atom. The minimum Gasteiger partial charge on any atom is -0.457 e. The van der Waals surface area contributed by atoms with Gasteiger partial charge in [-0.1, -0.05) is 30.8 Å². The molecule has 0 radical (unpaired) electrons. The van der Waals surface area contributed by atoms with Crippen molar-refractivity contribution in [2.45, 2.75) is 0 Å². The van der Waals surface area contributed by atoms with Gasteiger partial charge < -0.3 is 9.47 Å². The third kappa shape index (κ3) is 5.85. The molecule has 5 aromatic rings. The number of hydrogen-bond acceptors (Lipinski definition) is 3. The van der Waals surface area contributed by atoms with Crippen LogP contribution in [0.2, 0.25) is 0 Å². The first-order chi connectivity index (χ1) is 18.4. The maximum atomic E-state index is 13.2. The lowest BCUT2D eigenvalue weighted by Gasteiger charge is -2.10. The molecule has 0 N–H and O–H groups in total. The standard InChI is InChI=1S/C33H22F2O3/c1-22(23-2-10-27(34)11-3-23)24-6-14-29(15-7-24)37-31-18-20-32(21-19-31)38-30-16-8-26(9-17-30)33(36)25-4-12-28(35)13-5-25/h2-21H,1H2. The molecule has 0 aliphatic rings. The Hall–Kier alpha value is -5.03. The number of carbonyl (C=O) groups excluding carboxylic acids is 1. The average molecular weight is 505 g/mol. The van der Waals surface area contributed by atoms with Gasteiger partial charge in [0.25, 0.3) is 0 Å². The van der Waals surface area contributed by atoms with E-state index in [0.717, 1.165) is 16.7 Å². The van der Waals surface area contributed by atoms with Gasteiger partial charge in [-0.25, -0.2) is 8.78 Å². The second kappa shape index (κ2) is 10.9. The van der Waals surface area contributed by atoms with Crippen molar-refractivity contribution in [3.8, 4) is 23.0 Å². The lowest BCUT2D eigenvalue weighted by atomic mass is 10.00. The van der Waals surface area contributed by atoms with Gasteiger partial charge in [0.05, 0.1) is 0 Å². The summed E-state index contributed by atoms with van der Waals surface area (Å²) in [5.41, 5.74) is 3.47. The van der Waals surface area contributed by atoms with E-state index in [2.05, 4.69) is 6.58 Å². The fourth-order valence-electron chi connectivity index (χ4n) is 3.83. The summed E-state index contributed by atoms with van der Waals surface area (Å²) < 4.78 is 38.1. The third-order valence-electron chi connectivity index (χ3n) is 5.91. The predicted molar refractivity (Wildman–Crippen MR) is 144 cm³/mol. The SMILES string of the molecule is C=C(c1ccc(F)cc1)c1ccc(Oc2ccc(Oc3ccc(C(=O)c4ccc(F)cc4)cc3)cc2)cc1. The molecule has 0 aromatic heterocycles. The monoisotopic (exact) mass is 504 g/mol. The quantitative estimate of drug-likeness (QED) is 0.198. The molecule has 0 aliphatic carbocycles. The fourth-order valence-corrected chi connectivity index (χ4v) is 3.83. The van der Waals surface area contributed by atoms with Crippen LogP contribution in [-0.2, 0) is 0 Å². The van der Waals surface area contributed by atoms with Gasteiger partial charge in [-0.05, 0) is 114 Å². The van der Waals surface area contributed by atoms with Gasteiger partial charge >= 0.3 is 0 Å². The Kier molecular flexibility index (Phi) is 7.09. The van der Waals surface area contributed by atoms with Crippen molar-refractivity contribution >= 4 is 11.4 Å². The number of rotatable bonds is 8. The van der Waals surface area contributed by atoms with Crippen molar-refractivity contribution in [1.82, 2.24) is 0 Å². The average Bonchev–Trinajstić information content (AvgIpc) is 2.95. The number of halogens is 2. The van der Waals surface area contributed by atoms with Crippen LogP contribution in [-0.4, -0.2) is 5.78 Å². The van der Waals surface area contributed by atoms with Crippen LogP contribution in [0.25, 0.3) is 5.57 Å². The van der Waals surface area contributed by atoms with Gasteiger partial charge in [-0.2, -0.15) is 0 Å². The molecule has 38 heavy (non-hydrogen) atoms. The number of hydrogen-bond donors (Lipinski definition) is 0. The molecule has 0 spiro atoms. The highest BCUT2D eigenvalue weighted by Crippen LogP contribution is 2.29. The smallest absolute Gasteiger partial charge is 0.193 e. The van der Waals surface area contributed by atoms with Crippen LogP contribution in [0.5, 0.6) is 23.0 Å². The van der Waals surface area contributed by atoms with Gasteiger partial charge in [0.2, 0.25) is 0 Å². The van der Waals surface area contributed by atoms with E-state index < -0.39 is 0 Å². The molecule has 5 rings (SSSR count). The molecule has 3 nitrogen and oxygen atoms in total. The van der Waals surface area contributed by atoms with Crippen LogP contribution in [0.3, 0.4) is 0 Å². The molecule has 0 amide bonds. The molecule has 0 unspecified atom stereocenters. The maximum Gasteiger partial charge on any atom is 0.193 e. The molecule has 5 aromatic carbocycles. The first kappa shape index (κ1) is 24.7. The van der Waals surface area contributed by atoms with E-state index in [9.17, 15) is 13.6 Å². The van der Waals surface area contributed by atoms with Crippen LogP contribution >= 0.6 is 0 Å². The zero-order valence-electron chi connectivity index (χ0n) is 20.2. The molecule has 0 aliphatic heterocycles. The van der Waals surface area contributed by atoms with Crippen molar-refractivity contribution in [2.24, 2.45) is 0 Å². The van der Waals surface area contributed by atoms with E-state index in [-0.39, 0.29) is 17.4 Å². The number of ketones is 1. The lowest BCUT2D eigenvalue weighted by molar-refractivity contribution is 0.103. The van der Waals surface area contributed by atoms with Gasteiger partial charge in [0.15, 0.2) is 5.78 Å².